The van der Waals surface area contributed by atoms with Gasteiger partial charge in [-0.1, -0.05) is 44.0 Å². The molecule has 0 aliphatic rings. The van der Waals surface area contributed by atoms with Crippen molar-refractivity contribution in [1.29, 1.82) is 0 Å². The number of methoxy groups -OCH3 is 1. The van der Waals surface area contributed by atoms with Crippen LogP contribution in [0, 0.1) is 0 Å². The summed E-state index contributed by atoms with van der Waals surface area (Å²) in [5.74, 6) is 0.626. The summed E-state index contributed by atoms with van der Waals surface area (Å²) >= 11 is 6.64. The first-order valence-corrected chi connectivity index (χ1v) is 5.90. The van der Waals surface area contributed by atoms with Crippen molar-refractivity contribution in [1.82, 2.24) is 0 Å². The molecule has 0 saturated heterocycles. The van der Waals surface area contributed by atoms with Crippen LogP contribution in [0.15, 0.2) is 22.7 Å². The van der Waals surface area contributed by atoms with Crippen LogP contribution in [0.3, 0.4) is 0 Å². The summed E-state index contributed by atoms with van der Waals surface area (Å²) in [4.78, 5) is 0. The van der Waals surface area contributed by atoms with Gasteiger partial charge in [0, 0.05) is 15.4 Å². The van der Waals surface area contributed by atoms with Gasteiger partial charge in [0.25, 0.3) is 0 Å². The highest BCUT2D eigenvalue weighted by Gasteiger charge is 2.08. The Morgan fingerprint density at radius 1 is 1.50 bits per heavy atom. The van der Waals surface area contributed by atoms with E-state index in [1.165, 1.54) is 7.11 Å². The number of alkyl halides is 1. The van der Waals surface area contributed by atoms with Crippen molar-refractivity contribution < 1.29 is 9.84 Å². The number of hydrogen-bond donors (Lipinski definition) is 1. The standard InChI is InChI=1S/C10H10Br2O2/c1-14-9-5-4-8(12)7(10(9)13)3-2-6-11/h2-5,13H,6H2,1H3. The maximum atomic E-state index is 9.77. The van der Waals surface area contributed by atoms with Crippen molar-refractivity contribution in [2.45, 2.75) is 0 Å². The molecular weight excluding hydrogens is 312 g/mol. The predicted octanol–water partition coefficient (Wildman–Crippen LogP) is 3.57. The summed E-state index contributed by atoms with van der Waals surface area (Å²) in [5.41, 5.74) is 0.726. The van der Waals surface area contributed by atoms with E-state index in [1.807, 2.05) is 18.2 Å². The molecule has 4 heteroatoms. The molecule has 2 nitrogen and oxygen atoms in total. The van der Waals surface area contributed by atoms with Crippen LogP contribution in [-0.2, 0) is 0 Å². The largest absolute Gasteiger partial charge is 0.504 e. The molecule has 1 aromatic rings. The van der Waals surface area contributed by atoms with E-state index in [9.17, 15) is 5.11 Å². The molecule has 0 bridgehead atoms. The number of halogens is 2. The average Bonchev–Trinajstić information content (AvgIpc) is 2.18. The number of allylic oxidation sites excluding steroid dienone is 1. The lowest BCUT2D eigenvalue weighted by molar-refractivity contribution is 0.372. The Morgan fingerprint density at radius 2 is 2.21 bits per heavy atom. The van der Waals surface area contributed by atoms with Crippen molar-refractivity contribution in [2.24, 2.45) is 0 Å². The Bertz CT molecular complexity index is 348. The van der Waals surface area contributed by atoms with E-state index >= 15 is 0 Å². The van der Waals surface area contributed by atoms with Gasteiger partial charge in [0.05, 0.1) is 7.11 Å². The molecule has 1 rings (SSSR count). The third-order valence-corrected chi connectivity index (χ3v) is 2.79. The van der Waals surface area contributed by atoms with E-state index in [0.717, 1.165) is 15.4 Å². The Kier molecular flexibility index (Phi) is 4.48. The molecule has 0 amide bonds. The van der Waals surface area contributed by atoms with E-state index in [1.54, 1.807) is 6.07 Å². The molecule has 0 atom stereocenters. The number of benzene rings is 1. The zero-order valence-corrected chi connectivity index (χ0v) is 10.8. The van der Waals surface area contributed by atoms with Crippen molar-refractivity contribution in [3.8, 4) is 11.5 Å². The van der Waals surface area contributed by atoms with E-state index in [2.05, 4.69) is 31.9 Å². The fraction of sp³-hybridized carbons (Fsp3) is 0.200. The predicted molar refractivity (Wildman–Crippen MR) is 65.2 cm³/mol. The van der Waals surface area contributed by atoms with Gasteiger partial charge >= 0.3 is 0 Å². The summed E-state index contributed by atoms with van der Waals surface area (Å²) in [6.45, 7) is 0. The van der Waals surface area contributed by atoms with E-state index in [-0.39, 0.29) is 5.75 Å². The van der Waals surface area contributed by atoms with Gasteiger partial charge in [-0.05, 0) is 12.1 Å². The normalized spacial score (nSPS) is 10.8. The van der Waals surface area contributed by atoms with Crippen molar-refractivity contribution in [2.75, 3.05) is 12.4 Å². The molecule has 14 heavy (non-hydrogen) atoms. The summed E-state index contributed by atoms with van der Waals surface area (Å²) in [5, 5.41) is 10.5. The second kappa shape index (κ2) is 5.41. The highest BCUT2D eigenvalue weighted by atomic mass is 79.9. The summed E-state index contributed by atoms with van der Waals surface area (Å²) < 4.78 is 5.84. The van der Waals surface area contributed by atoms with Gasteiger partial charge in [-0.3, -0.25) is 0 Å². The van der Waals surface area contributed by atoms with Crippen LogP contribution in [-0.4, -0.2) is 17.5 Å². The number of phenolic OH excluding ortho intramolecular Hbond substituents is 1. The van der Waals surface area contributed by atoms with E-state index < -0.39 is 0 Å². The fourth-order valence-electron chi connectivity index (χ4n) is 1.05. The Balaban J connectivity index is 3.18. The SMILES string of the molecule is COc1ccc(Br)c(C=CCBr)c1O. The molecule has 0 fully saturated rings. The number of hydrogen-bond acceptors (Lipinski definition) is 2. The van der Waals surface area contributed by atoms with Crippen LogP contribution in [0.25, 0.3) is 6.08 Å². The van der Waals surface area contributed by atoms with Gasteiger partial charge in [0.1, 0.15) is 0 Å². The van der Waals surface area contributed by atoms with Crippen LogP contribution in [0.1, 0.15) is 5.56 Å². The van der Waals surface area contributed by atoms with Crippen LogP contribution in [0.5, 0.6) is 11.5 Å². The molecule has 0 spiro atoms. The molecule has 1 N–H and O–H groups in total. The van der Waals surface area contributed by atoms with Crippen LogP contribution in [0.2, 0.25) is 0 Å². The minimum Gasteiger partial charge on any atom is -0.504 e. The molecular formula is C10H10Br2O2. The Hall–Kier alpha value is -0.480. The van der Waals surface area contributed by atoms with Gasteiger partial charge in [-0.15, -0.1) is 0 Å². The van der Waals surface area contributed by atoms with Gasteiger partial charge in [-0.2, -0.15) is 0 Å². The van der Waals surface area contributed by atoms with Crippen LogP contribution < -0.4 is 4.74 Å². The zero-order chi connectivity index (χ0) is 10.6. The molecule has 0 radical (unpaired) electrons. The van der Waals surface area contributed by atoms with Crippen LogP contribution in [0.4, 0.5) is 0 Å². The number of rotatable bonds is 3. The molecule has 1 aromatic carbocycles. The Morgan fingerprint density at radius 3 is 2.79 bits per heavy atom. The number of ether oxygens (including phenoxy) is 1. The molecule has 0 unspecified atom stereocenters. The second-order valence-corrected chi connectivity index (χ2v) is 4.07. The van der Waals surface area contributed by atoms with Crippen LogP contribution >= 0.6 is 31.9 Å². The van der Waals surface area contributed by atoms with E-state index in [4.69, 9.17) is 4.74 Å². The first kappa shape index (κ1) is 11.6. The first-order valence-electron chi connectivity index (χ1n) is 3.98. The topological polar surface area (TPSA) is 29.5 Å². The van der Waals surface area contributed by atoms with Gasteiger partial charge in [0.2, 0.25) is 0 Å². The highest BCUT2D eigenvalue weighted by Crippen LogP contribution is 2.35. The molecule has 76 valence electrons. The van der Waals surface area contributed by atoms with Crippen molar-refractivity contribution in [3.63, 3.8) is 0 Å². The quantitative estimate of drug-likeness (QED) is 0.862. The molecule has 0 aromatic heterocycles. The number of aromatic hydroxyl groups is 1. The molecule has 0 heterocycles. The average molecular weight is 322 g/mol. The Labute approximate surface area is 99.8 Å². The monoisotopic (exact) mass is 320 g/mol. The summed E-state index contributed by atoms with van der Waals surface area (Å²) in [6, 6.07) is 3.55. The zero-order valence-electron chi connectivity index (χ0n) is 7.63. The van der Waals surface area contributed by atoms with Crippen molar-refractivity contribution >= 4 is 37.9 Å². The molecule has 0 saturated carbocycles. The lowest BCUT2D eigenvalue weighted by Gasteiger charge is -2.07. The minimum absolute atomic E-state index is 0.152. The minimum atomic E-state index is 0.152. The van der Waals surface area contributed by atoms with Crippen molar-refractivity contribution in [3.05, 3.63) is 28.2 Å². The lowest BCUT2D eigenvalue weighted by Crippen LogP contribution is -1.86. The second-order valence-electron chi connectivity index (χ2n) is 2.57. The van der Waals surface area contributed by atoms with Gasteiger partial charge in [0.15, 0.2) is 11.5 Å². The highest BCUT2D eigenvalue weighted by molar-refractivity contribution is 9.10. The smallest absolute Gasteiger partial charge is 0.166 e. The first-order chi connectivity index (χ1) is 6.70. The summed E-state index contributed by atoms with van der Waals surface area (Å²) in [7, 11) is 1.53. The molecule has 0 aliphatic heterocycles. The summed E-state index contributed by atoms with van der Waals surface area (Å²) in [6.07, 6.45) is 3.73. The van der Waals surface area contributed by atoms with E-state index in [0.29, 0.717) is 5.75 Å². The lowest BCUT2D eigenvalue weighted by atomic mass is 10.2. The molecule has 0 aliphatic carbocycles. The maximum Gasteiger partial charge on any atom is 0.166 e. The third kappa shape index (κ3) is 2.51. The van der Waals surface area contributed by atoms with Gasteiger partial charge < -0.3 is 9.84 Å². The maximum absolute atomic E-state index is 9.77. The third-order valence-electron chi connectivity index (χ3n) is 1.72. The van der Waals surface area contributed by atoms with Gasteiger partial charge in [-0.25, -0.2) is 0 Å². The fourth-order valence-corrected chi connectivity index (χ4v) is 1.69. The number of phenols is 1.